The maximum atomic E-state index is 13.7. The van der Waals surface area contributed by atoms with Crippen LogP contribution < -0.4 is 10.2 Å². The molecule has 0 aliphatic carbocycles. The monoisotopic (exact) mass is 370 g/mol. The van der Waals surface area contributed by atoms with Gasteiger partial charge in [-0.3, -0.25) is 0 Å². The van der Waals surface area contributed by atoms with Crippen LogP contribution in [0, 0.1) is 5.82 Å². The predicted molar refractivity (Wildman–Crippen MR) is 93.5 cm³/mol. The largest absolute Gasteiger partial charge is 0.378 e. The standard InChI is InChI=1S/C16H17Cl2FN4O/c1-10(15-11(17)2-3-12(19)16(15)18)22-13-8-14(21-9-20-13)23-4-6-24-7-5-23/h2-3,8-10H,4-7H2,1H3,(H,20,21,22). The maximum Gasteiger partial charge on any atom is 0.142 e. The summed E-state index contributed by atoms with van der Waals surface area (Å²) in [4.78, 5) is 10.6. The summed E-state index contributed by atoms with van der Waals surface area (Å²) in [6, 6.07) is 4.29. The number of aromatic nitrogens is 2. The van der Waals surface area contributed by atoms with E-state index < -0.39 is 5.82 Å². The fourth-order valence-corrected chi connectivity index (χ4v) is 3.32. The first-order chi connectivity index (χ1) is 11.6. The van der Waals surface area contributed by atoms with E-state index in [-0.39, 0.29) is 11.1 Å². The van der Waals surface area contributed by atoms with E-state index in [1.165, 1.54) is 18.5 Å². The van der Waals surface area contributed by atoms with Crippen LogP contribution in [0.2, 0.25) is 10.0 Å². The Hall–Kier alpha value is -1.63. The zero-order valence-electron chi connectivity index (χ0n) is 13.1. The summed E-state index contributed by atoms with van der Waals surface area (Å²) in [7, 11) is 0. The first kappa shape index (κ1) is 17.2. The fourth-order valence-electron chi connectivity index (χ4n) is 2.63. The Morgan fingerprint density at radius 1 is 1.25 bits per heavy atom. The van der Waals surface area contributed by atoms with Crippen molar-refractivity contribution in [3.63, 3.8) is 0 Å². The van der Waals surface area contributed by atoms with Crippen molar-refractivity contribution >= 4 is 34.8 Å². The van der Waals surface area contributed by atoms with Gasteiger partial charge >= 0.3 is 0 Å². The van der Waals surface area contributed by atoms with Crippen LogP contribution >= 0.6 is 23.2 Å². The van der Waals surface area contributed by atoms with Gasteiger partial charge in [-0.15, -0.1) is 0 Å². The Morgan fingerprint density at radius 2 is 2.00 bits per heavy atom. The van der Waals surface area contributed by atoms with Gasteiger partial charge in [-0.25, -0.2) is 14.4 Å². The Bertz CT molecular complexity index is 725. The maximum absolute atomic E-state index is 13.7. The second-order valence-electron chi connectivity index (χ2n) is 5.48. The topological polar surface area (TPSA) is 50.3 Å². The molecule has 128 valence electrons. The molecule has 1 fully saturated rings. The third kappa shape index (κ3) is 3.71. The molecule has 1 aliphatic heterocycles. The SMILES string of the molecule is CC(Nc1cc(N2CCOCC2)ncn1)c1c(Cl)ccc(F)c1Cl. The van der Waals surface area contributed by atoms with Crippen molar-refractivity contribution in [3.8, 4) is 0 Å². The van der Waals surface area contributed by atoms with E-state index in [1.807, 2.05) is 13.0 Å². The van der Waals surface area contributed by atoms with E-state index in [1.54, 1.807) is 0 Å². The number of hydrogen-bond acceptors (Lipinski definition) is 5. The molecular formula is C16H17Cl2FN4O. The number of morpholine rings is 1. The minimum absolute atomic E-state index is 0.0185. The van der Waals surface area contributed by atoms with Gasteiger partial charge in [-0.2, -0.15) is 0 Å². The van der Waals surface area contributed by atoms with Gasteiger partial charge in [0.15, 0.2) is 0 Å². The summed E-state index contributed by atoms with van der Waals surface area (Å²) >= 11 is 12.2. The number of nitrogens with zero attached hydrogens (tertiary/aromatic N) is 3. The molecule has 0 radical (unpaired) electrons. The number of anilines is 2. The number of nitrogens with one attached hydrogen (secondary N) is 1. The molecule has 5 nitrogen and oxygen atoms in total. The second kappa shape index (κ2) is 7.51. The van der Waals surface area contributed by atoms with Gasteiger partial charge in [0.05, 0.1) is 24.3 Å². The molecule has 1 aromatic heterocycles. The molecule has 0 saturated carbocycles. The molecule has 1 aliphatic rings. The van der Waals surface area contributed by atoms with Crippen LogP contribution in [0.4, 0.5) is 16.0 Å². The number of benzene rings is 1. The van der Waals surface area contributed by atoms with Crippen molar-refractivity contribution in [1.29, 1.82) is 0 Å². The van der Waals surface area contributed by atoms with E-state index in [0.717, 1.165) is 18.9 Å². The molecule has 0 amide bonds. The molecule has 1 aromatic carbocycles. The lowest BCUT2D eigenvalue weighted by Crippen LogP contribution is -2.36. The zero-order chi connectivity index (χ0) is 17.1. The average molecular weight is 371 g/mol. The lowest BCUT2D eigenvalue weighted by Gasteiger charge is -2.28. The molecule has 0 spiro atoms. The third-order valence-electron chi connectivity index (χ3n) is 3.86. The highest BCUT2D eigenvalue weighted by atomic mass is 35.5. The average Bonchev–Trinajstić information content (AvgIpc) is 2.59. The van der Waals surface area contributed by atoms with Crippen LogP contribution in [0.15, 0.2) is 24.5 Å². The van der Waals surface area contributed by atoms with Crippen LogP contribution in [-0.4, -0.2) is 36.3 Å². The third-order valence-corrected chi connectivity index (χ3v) is 4.58. The summed E-state index contributed by atoms with van der Waals surface area (Å²) in [5, 5.41) is 3.63. The van der Waals surface area contributed by atoms with Crippen LogP contribution in [0.1, 0.15) is 18.5 Å². The van der Waals surface area contributed by atoms with E-state index in [4.69, 9.17) is 27.9 Å². The molecule has 1 saturated heterocycles. The molecule has 2 aromatic rings. The van der Waals surface area contributed by atoms with Crippen molar-refractivity contribution in [2.75, 3.05) is 36.5 Å². The first-order valence-corrected chi connectivity index (χ1v) is 8.36. The first-order valence-electron chi connectivity index (χ1n) is 7.61. The van der Waals surface area contributed by atoms with Crippen molar-refractivity contribution in [3.05, 3.63) is 46.0 Å². The van der Waals surface area contributed by atoms with Gasteiger partial charge in [0.25, 0.3) is 0 Å². The summed E-state index contributed by atoms with van der Waals surface area (Å²) in [5.74, 6) is 0.941. The Labute approximate surface area is 149 Å². The van der Waals surface area contributed by atoms with Crippen LogP contribution in [-0.2, 0) is 4.74 Å². The molecular weight excluding hydrogens is 354 g/mol. The predicted octanol–water partition coefficient (Wildman–Crippen LogP) is 3.93. The van der Waals surface area contributed by atoms with E-state index in [0.29, 0.717) is 29.6 Å². The smallest absolute Gasteiger partial charge is 0.142 e. The van der Waals surface area contributed by atoms with Crippen LogP contribution in [0.3, 0.4) is 0 Å². The van der Waals surface area contributed by atoms with Gasteiger partial charge in [-0.05, 0) is 19.1 Å². The Kier molecular flexibility index (Phi) is 5.38. The molecule has 3 rings (SSSR count). The van der Waals surface area contributed by atoms with Crippen LogP contribution in [0.25, 0.3) is 0 Å². The van der Waals surface area contributed by atoms with E-state index in [9.17, 15) is 4.39 Å². The molecule has 1 unspecified atom stereocenters. The number of halogens is 3. The molecule has 2 heterocycles. The van der Waals surface area contributed by atoms with Gasteiger partial charge in [0.2, 0.25) is 0 Å². The van der Waals surface area contributed by atoms with Gasteiger partial charge in [0, 0.05) is 29.7 Å². The molecule has 24 heavy (non-hydrogen) atoms. The summed E-state index contributed by atoms with van der Waals surface area (Å²) in [6.07, 6.45) is 1.49. The van der Waals surface area contributed by atoms with Crippen molar-refractivity contribution in [1.82, 2.24) is 9.97 Å². The van der Waals surface area contributed by atoms with Crippen molar-refractivity contribution in [2.45, 2.75) is 13.0 Å². The van der Waals surface area contributed by atoms with Gasteiger partial charge < -0.3 is 15.0 Å². The van der Waals surface area contributed by atoms with E-state index >= 15 is 0 Å². The van der Waals surface area contributed by atoms with Crippen molar-refractivity contribution in [2.24, 2.45) is 0 Å². The Balaban J connectivity index is 1.80. The van der Waals surface area contributed by atoms with Gasteiger partial charge in [-0.1, -0.05) is 23.2 Å². The highest BCUT2D eigenvalue weighted by molar-refractivity contribution is 6.36. The number of hydrogen-bond donors (Lipinski definition) is 1. The van der Waals surface area contributed by atoms with Crippen LogP contribution in [0.5, 0.6) is 0 Å². The summed E-state index contributed by atoms with van der Waals surface area (Å²) in [5.41, 5.74) is 0.505. The molecule has 1 atom stereocenters. The van der Waals surface area contributed by atoms with Gasteiger partial charge in [0.1, 0.15) is 23.8 Å². The highest BCUT2D eigenvalue weighted by Gasteiger charge is 2.18. The highest BCUT2D eigenvalue weighted by Crippen LogP contribution is 2.34. The lowest BCUT2D eigenvalue weighted by atomic mass is 10.1. The second-order valence-corrected chi connectivity index (χ2v) is 6.27. The lowest BCUT2D eigenvalue weighted by molar-refractivity contribution is 0.122. The van der Waals surface area contributed by atoms with E-state index in [2.05, 4.69) is 20.2 Å². The fraction of sp³-hybridized carbons (Fsp3) is 0.375. The number of ether oxygens (including phenoxy) is 1. The van der Waals surface area contributed by atoms with Crippen molar-refractivity contribution < 1.29 is 9.13 Å². The molecule has 8 heteroatoms. The molecule has 0 bridgehead atoms. The minimum atomic E-state index is -0.499. The summed E-state index contributed by atoms with van der Waals surface area (Å²) < 4.78 is 19.0. The molecule has 1 N–H and O–H groups in total. The summed E-state index contributed by atoms with van der Waals surface area (Å²) in [6.45, 7) is 4.78. The zero-order valence-corrected chi connectivity index (χ0v) is 14.6. The minimum Gasteiger partial charge on any atom is -0.378 e. The Morgan fingerprint density at radius 3 is 2.75 bits per heavy atom. The number of rotatable bonds is 4. The normalized spacial score (nSPS) is 16.1. The quantitative estimate of drug-likeness (QED) is 0.826.